The lowest BCUT2D eigenvalue weighted by atomic mass is 10.2. The maximum atomic E-state index is 11.8. The van der Waals surface area contributed by atoms with E-state index in [-0.39, 0.29) is 6.54 Å². The molecule has 0 spiro atoms. The quantitative estimate of drug-likeness (QED) is 0.566. The zero-order valence-corrected chi connectivity index (χ0v) is 10.5. The Morgan fingerprint density at radius 3 is 2.47 bits per heavy atom. The van der Waals surface area contributed by atoms with Gasteiger partial charge in [0.1, 0.15) is 0 Å². The van der Waals surface area contributed by atoms with Gasteiger partial charge in [0.05, 0.1) is 6.10 Å². The number of amides is 2. The lowest BCUT2D eigenvalue weighted by molar-refractivity contribution is -0.156. The number of carbonyl (C=O) groups is 2. The van der Waals surface area contributed by atoms with Crippen molar-refractivity contribution in [2.45, 2.75) is 19.4 Å². The molecule has 6 heteroatoms. The minimum Gasteiger partial charge on any atom is -0.390 e. The van der Waals surface area contributed by atoms with Crippen LogP contribution in [-0.4, -0.2) is 72.6 Å². The van der Waals surface area contributed by atoms with Crippen molar-refractivity contribution in [3.8, 4) is 0 Å². The SMILES string of the molecule is CCCN1CCN(CC(O)CNC)C(=O)C1=O. The third kappa shape index (κ3) is 3.67. The average molecular weight is 243 g/mol. The summed E-state index contributed by atoms with van der Waals surface area (Å²) >= 11 is 0. The Balaban J connectivity index is 2.50. The van der Waals surface area contributed by atoms with Gasteiger partial charge in [-0.05, 0) is 13.5 Å². The summed E-state index contributed by atoms with van der Waals surface area (Å²) in [4.78, 5) is 26.5. The maximum absolute atomic E-state index is 11.8. The number of nitrogens with zero attached hydrogens (tertiary/aromatic N) is 2. The van der Waals surface area contributed by atoms with Crippen LogP contribution in [0.5, 0.6) is 0 Å². The zero-order valence-electron chi connectivity index (χ0n) is 10.5. The molecule has 1 atom stereocenters. The number of nitrogens with one attached hydrogen (secondary N) is 1. The van der Waals surface area contributed by atoms with Gasteiger partial charge < -0.3 is 20.2 Å². The Hall–Kier alpha value is -1.14. The van der Waals surface area contributed by atoms with Gasteiger partial charge in [-0.1, -0.05) is 6.92 Å². The first-order valence-corrected chi connectivity index (χ1v) is 6.01. The van der Waals surface area contributed by atoms with E-state index in [4.69, 9.17) is 0 Å². The fraction of sp³-hybridized carbons (Fsp3) is 0.818. The summed E-state index contributed by atoms with van der Waals surface area (Å²) in [5.74, 6) is -0.949. The van der Waals surface area contributed by atoms with Crippen molar-refractivity contribution in [1.82, 2.24) is 15.1 Å². The van der Waals surface area contributed by atoms with E-state index >= 15 is 0 Å². The first-order chi connectivity index (χ1) is 8.10. The van der Waals surface area contributed by atoms with Gasteiger partial charge in [-0.3, -0.25) is 9.59 Å². The predicted molar refractivity (Wildman–Crippen MR) is 63.4 cm³/mol. The van der Waals surface area contributed by atoms with Crippen LogP contribution in [0.4, 0.5) is 0 Å². The van der Waals surface area contributed by atoms with Crippen LogP contribution in [0.3, 0.4) is 0 Å². The van der Waals surface area contributed by atoms with Crippen LogP contribution >= 0.6 is 0 Å². The highest BCUT2D eigenvalue weighted by Crippen LogP contribution is 2.06. The third-order valence-corrected chi connectivity index (χ3v) is 2.76. The van der Waals surface area contributed by atoms with Crippen LogP contribution in [0.1, 0.15) is 13.3 Å². The number of hydrogen-bond acceptors (Lipinski definition) is 4. The molecule has 1 fully saturated rings. The molecular formula is C11H21N3O3. The summed E-state index contributed by atoms with van der Waals surface area (Å²) in [6.07, 6.45) is 0.218. The molecule has 1 heterocycles. The molecule has 17 heavy (non-hydrogen) atoms. The number of hydrogen-bond donors (Lipinski definition) is 2. The van der Waals surface area contributed by atoms with E-state index in [2.05, 4.69) is 5.32 Å². The number of piperazine rings is 1. The van der Waals surface area contributed by atoms with Crippen LogP contribution in [0, 0.1) is 0 Å². The second-order valence-corrected chi connectivity index (χ2v) is 4.25. The smallest absolute Gasteiger partial charge is 0.312 e. The van der Waals surface area contributed by atoms with Gasteiger partial charge in [0.15, 0.2) is 0 Å². The Morgan fingerprint density at radius 2 is 1.88 bits per heavy atom. The van der Waals surface area contributed by atoms with Gasteiger partial charge in [-0.15, -0.1) is 0 Å². The van der Waals surface area contributed by atoms with Crippen molar-refractivity contribution in [1.29, 1.82) is 0 Å². The number of carbonyl (C=O) groups excluding carboxylic acids is 2. The third-order valence-electron chi connectivity index (χ3n) is 2.76. The largest absolute Gasteiger partial charge is 0.390 e. The molecule has 0 radical (unpaired) electrons. The Morgan fingerprint density at radius 1 is 1.29 bits per heavy atom. The molecule has 1 aliphatic rings. The topological polar surface area (TPSA) is 72.9 Å². The molecule has 0 aliphatic carbocycles. The monoisotopic (exact) mass is 243 g/mol. The summed E-state index contributed by atoms with van der Waals surface area (Å²) in [7, 11) is 1.73. The molecule has 0 bridgehead atoms. The zero-order chi connectivity index (χ0) is 12.8. The molecule has 1 aliphatic heterocycles. The fourth-order valence-electron chi connectivity index (χ4n) is 1.93. The van der Waals surface area contributed by atoms with E-state index in [1.807, 2.05) is 6.92 Å². The predicted octanol–water partition coefficient (Wildman–Crippen LogP) is -1.35. The van der Waals surface area contributed by atoms with E-state index < -0.39 is 17.9 Å². The molecule has 98 valence electrons. The van der Waals surface area contributed by atoms with E-state index in [9.17, 15) is 14.7 Å². The van der Waals surface area contributed by atoms with E-state index in [0.29, 0.717) is 26.2 Å². The summed E-state index contributed by atoms with van der Waals surface area (Å²) in [5, 5.41) is 12.4. The highest BCUT2D eigenvalue weighted by Gasteiger charge is 2.32. The molecule has 1 unspecified atom stereocenters. The van der Waals surface area contributed by atoms with Crippen LogP contribution in [-0.2, 0) is 9.59 Å². The second-order valence-electron chi connectivity index (χ2n) is 4.25. The Labute approximate surface area is 102 Å². The van der Waals surface area contributed by atoms with Crippen LogP contribution < -0.4 is 5.32 Å². The van der Waals surface area contributed by atoms with E-state index in [1.165, 1.54) is 4.90 Å². The average Bonchev–Trinajstić information content (AvgIpc) is 2.29. The van der Waals surface area contributed by atoms with Gasteiger partial charge in [-0.25, -0.2) is 0 Å². The van der Waals surface area contributed by atoms with Crippen LogP contribution in [0.25, 0.3) is 0 Å². The van der Waals surface area contributed by atoms with E-state index in [1.54, 1.807) is 11.9 Å². The van der Waals surface area contributed by atoms with Crippen molar-refractivity contribution >= 4 is 11.8 Å². The molecule has 0 aromatic carbocycles. The molecule has 0 saturated carbocycles. The van der Waals surface area contributed by atoms with Crippen LogP contribution in [0.15, 0.2) is 0 Å². The lowest BCUT2D eigenvalue weighted by Crippen LogP contribution is -2.56. The summed E-state index contributed by atoms with van der Waals surface area (Å²) < 4.78 is 0. The second kappa shape index (κ2) is 6.56. The molecule has 2 N–H and O–H groups in total. The van der Waals surface area contributed by atoms with Crippen molar-refractivity contribution in [2.75, 3.05) is 39.8 Å². The van der Waals surface area contributed by atoms with Crippen LogP contribution in [0.2, 0.25) is 0 Å². The van der Waals surface area contributed by atoms with Gasteiger partial charge in [0, 0.05) is 32.7 Å². The molecule has 6 nitrogen and oxygen atoms in total. The van der Waals surface area contributed by atoms with Gasteiger partial charge in [0.2, 0.25) is 0 Å². The standard InChI is InChI=1S/C11H21N3O3/c1-3-4-13-5-6-14(11(17)10(13)16)8-9(15)7-12-2/h9,12,15H,3-8H2,1-2H3. The first-order valence-electron chi connectivity index (χ1n) is 6.01. The number of rotatable bonds is 6. The van der Waals surface area contributed by atoms with E-state index in [0.717, 1.165) is 6.42 Å². The molecule has 0 aromatic heterocycles. The minimum absolute atomic E-state index is 0.214. The molecular weight excluding hydrogens is 222 g/mol. The van der Waals surface area contributed by atoms with Crippen molar-refractivity contribution < 1.29 is 14.7 Å². The minimum atomic E-state index is -0.630. The molecule has 2 amide bonds. The number of likely N-dealkylation sites (N-methyl/N-ethyl adjacent to an activating group) is 1. The highest BCUT2D eigenvalue weighted by molar-refractivity contribution is 6.35. The van der Waals surface area contributed by atoms with Crippen molar-refractivity contribution in [3.05, 3.63) is 0 Å². The van der Waals surface area contributed by atoms with Gasteiger partial charge in [0.25, 0.3) is 0 Å². The fourth-order valence-corrected chi connectivity index (χ4v) is 1.93. The number of β-amino-alcohol motifs (C(OH)–C–C–N with tert-alkyl or cyclic N) is 1. The molecule has 1 rings (SSSR count). The molecule has 0 aromatic rings. The summed E-state index contributed by atoms with van der Waals surface area (Å²) in [6, 6.07) is 0. The maximum Gasteiger partial charge on any atom is 0.312 e. The van der Waals surface area contributed by atoms with Gasteiger partial charge >= 0.3 is 11.8 Å². The highest BCUT2D eigenvalue weighted by atomic mass is 16.3. The van der Waals surface area contributed by atoms with Crippen molar-refractivity contribution in [3.63, 3.8) is 0 Å². The molecule has 1 saturated heterocycles. The number of aliphatic hydroxyl groups excluding tert-OH is 1. The Kier molecular flexibility index (Phi) is 5.37. The van der Waals surface area contributed by atoms with Gasteiger partial charge in [-0.2, -0.15) is 0 Å². The Bertz CT molecular complexity index is 283. The van der Waals surface area contributed by atoms with Crippen molar-refractivity contribution in [2.24, 2.45) is 0 Å². The lowest BCUT2D eigenvalue weighted by Gasteiger charge is -2.34. The number of aliphatic hydroxyl groups is 1. The first kappa shape index (κ1) is 13.9. The summed E-state index contributed by atoms with van der Waals surface area (Å²) in [5.41, 5.74) is 0. The summed E-state index contributed by atoms with van der Waals surface area (Å²) in [6.45, 7) is 4.29. The normalized spacial score (nSPS) is 18.8.